The molecule has 4 rings (SSSR count). The smallest absolute Gasteiger partial charge is 0.273 e. The zero-order valence-electron chi connectivity index (χ0n) is 15.6. The van der Waals surface area contributed by atoms with E-state index >= 15 is 0 Å². The third-order valence-electron chi connectivity index (χ3n) is 5.17. The molecule has 1 aliphatic rings. The first-order valence-electron chi connectivity index (χ1n) is 9.36. The van der Waals surface area contributed by atoms with Crippen LogP contribution >= 0.6 is 0 Å². The number of aromatic hydroxyl groups is 1. The van der Waals surface area contributed by atoms with Gasteiger partial charge in [0, 0.05) is 17.7 Å². The molecule has 27 heavy (non-hydrogen) atoms. The van der Waals surface area contributed by atoms with Crippen molar-refractivity contribution in [2.75, 3.05) is 6.54 Å². The highest BCUT2D eigenvalue weighted by molar-refractivity contribution is 6.00. The number of benzene rings is 2. The molecule has 5 nitrogen and oxygen atoms in total. The highest BCUT2D eigenvalue weighted by Crippen LogP contribution is 2.44. The highest BCUT2D eigenvalue weighted by Gasteiger charge is 2.42. The summed E-state index contributed by atoms with van der Waals surface area (Å²) < 4.78 is 0. The van der Waals surface area contributed by atoms with Crippen molar-refractivity contribution < 1.29 is 9.90 Å². The van der Waals surface area contributed by atoms with Crippen LogP contribution < -0.4 is 0 Å². The van der Waals surface area contributed by atoms with Gasteiger partial charge in [0.25, 0.3) is 5.91 Å². The molecule has 5 heteroatoms. The number of aromatic amines is 1. The number of carbonyl (C=O) groups excluding carboxylic acids is 1. The van der Waals surface area contributed by atoms with Crippen molar-refractivity contribution in [2.24, 2.45) is 0 Å². The maximum absolute atomic E-state index is 13.1. The molecule has 0 saturated heterocycles. The number of nitrogens with one attached hydrogen (secondary N) is 1. The number of phenolic OH excluding ortho intramolecular Hbond substituents is 1. The number of amides is 1. The molecule has 1 amide bonds. The fraction of sp³-hybridized carbons (Fsp3) is 0.273. The monoisotopic (exact) mass is 361 g/mol. The number of unbranched alkanes of at least 4 members (excludes halogenated alkanes) is 1. The first kappa shape index (κ1) is 17.3. The van der Waals surface area contributed by atoms with Crippen LogP contribution in [0.15, 0.2) is 48.5 Å². The van der Waals surface area contributed by atoms with E-state index in [1.165, 1.54) is 5.56 Å². The van der Waals surface area contributed by atoms with Gasteiger partial charge in [0.2, 0.25) is 0 Å². The van der Waals surface area contributed by atoms with E-state index in [2.05, 4.69) is 48.3 Å². The van der Waals surface area contributed by atoms with Crippen LogP contribution in [-0.4, -0.2) is 32.7 Å². The van der Waals surface area contributed by atoms with E-state index < -0.39 is 0 Å². The summed E-state index contributed by atoms with van der Waals surface area (Å²) in [5.41, 5.74) is 4.88. The normalized spacial score (nSPS) is 16.0. The molecule has 0 bridgehead atoms. The van der Waals surface area contributed by atoms with Gasteiger partial charge in [-0.15, -0.1) is 0 Å². The number of carbonyl (C=O) groups is 1. The minimum atomic E-state index is -0.201. The molecular formula is C22H23N3O2. The van der Waals surface area contributed by atoms with Gasteiger partial charge >= 0.3 is 0 Å². The Morgan fingerprint density at radius 2 is 1.89 bits per heavy atom. The summed E-state index contributed by atoms with van der Waals surface area (Å²) in [6.07, 6.45) is 1.96. The van der Waals surface area contributed by atoms with Crippen molar-refractivity contribution in [3.8, 4) is 17.0 Å². The van der Waals surface area contributed by atoms with Crippen LogP contribution in [0.5, 0.6) is 5.75 Å². The quantitative estimate of drug-likeness (QED) is 0.706. The van der Waals surface area contributed by atoms with Crippen LogP contribution in [-0.2, 0) is 0 Å². The zero-order valence-corrected chi connectivity index (χ0v) is 15.6. The molecule has 0 aliphatic carbocycles. The van der Waals surface area contributed by atoms with Gasteiger partial charge in [-0.1, -0.05) is 55.3 Å². The Labute approximate surface area is 158 Å². The minimum Gasteiger partial charge on any atom is -0.507 e. The molecular weight excluding hydrogens is 338 g/mol. The fourth-order valence-electron chi connectivity index (χ4n) is 3.73. The van der Waals surface area contributed by atoms with Crippen molar-refractivity contribution in [1.82, 2.24) is 15.1 Å². The summed E-state index contributed by atoms with van der Waals surface area (Å²) in [4.78, 5) is 15.0. The maximum Gasteiger partial charge on any atom is 0.273 e. The second kappa shape index (κ2) is 6.91. The molecule has 1 aromatic heterocycles. The van der Waals surface area contributed by atoms with Crippen molar-refractivity contribution in [2.45, 2.75) is 32.7 Å². The van der Waals surface area contributed by atoms with Crippen molar-refractivity contribution in [1.29, 1.82) is 0 Å². The van der Waals surface area contributed by atoms with E-state index in [4.69, 9.17) is 0 Å². The van der Waals surface area contributed by atoms with Crippen LogP contribution in [0.1, 0.15) is 53.0 Å². The number of H-pyrrole nitrogens is 1. The average molecular weight is 361 g/mol. The second-order valence-electron chi connectivity index (χ2n) is 7.04. The fourth-order valence-corrected chi connectivity index (χ4v) is 3.73. The standard InChI is InChI=1S/C22H23N3O2/c1-3-4-13-25-21(15-11-9-14(2)10-12-15)18-19(23-24-20(18)22(25)27)16-7-5-6-8-17(16)26/h5-12,21,26H,3-4,13H2,1-2H3,(H,23,24)/t21-/m0/s1. The lowest BCUT2D eigenvalue weighted by atomic mass is 9.95. The van der Waals surface area contributed by atoms with Gasteiger partial charge in [0.05, 0.1) is 6.04 Å². The Hall–Kier alpha value is -3.08. The number of aromatic nitrogens is 2. The SMILES string of the molecule is CCCCN1C(=O)c2[nH]nc(-c3ccccc3O)c2[C@@H]1c1ccc(C)cc1. The molecule has 2 aromatic carbocycles. The van der Waals surface area contributed by atoms with Gasteiger partial charge in [-0.05, 0) is 31.0 Å². The molecule has 2 N–H and O–H groups in total. The molecule has 1 aliphatic heterocycles. The number of hydrogen-bond acceptors (Lipinski definition) is 3. The molecule has 0 radical (unpaired) electrons. The third kappa shape index (κ3) is 2.89. The van der Waals surface area contributed by atoms with Gasteiger partial charge in [-0.3, -0.25) is 9.89 Å². The van der Waals surface area contributed by atoms with Crippen molar-refractivity contribution in [3.05, 3.63) is 70.9 Å². The van der Waals surface area contributed by atoms with Gasteiger partial charge in [0.1, 0.15) is 17.1 Å². The Balaban J connectivity index is 1.88. The number of nitrogens with zero attached hydrogens (tertiary/aromatic N) is 2. The average Bonchev–Trinajstić information content (AvgIpc) is 3.21. The van der Waals surface area contributed by atoms with Crippen LogP contribution in [0.2, 0.25) is 0 Å². The number of para-hydroxylation sites is 1. The molecule has 0 saturated carbocycles. The summed E-state index contributed by atoms with van der Waals surface area (Å²) in [7, 11) is 0. The van der Waals surface area contributed by atoms with Gasteiger partial charge in [-0.2, -0.15) is 5.10 Å². The predicted octanol–water partition coefficient (Wildman–Crippen LogP) is 4.44. The first-order chi connectivity index (χ1) is 13.1. The van der Waals surface area contributed by atoms with Crippen LogP contribution in [0.3, 0.4) is 0 Å². The van der Waals surface area contributed by atoms with E-state index in [0.29, 0.717) is 23.5 Å². The van der Waals surface area contributed by atoms with Crippen LogP contribution in [0.25, 0.3) is 11.3 Å². The number of aryl methyl sites for hydroxylation is 1. The van der Waals surface area contributed by atoms with Gasteiger partial charge < -0.3 is 10.0 Å². The lowest BCUT2D eigenvalue weighted by molar-refractivity contribution is 0.0741. The Kier molecular flexibility index (Phi) is 4.44. The van der Waals surface area contributed by atoms with Crippen molar-refractivity contribution >= 4 is 5.91 Å². The predicted molar refractivity (Wildman–Crippen MR) is 105 cm³/mol. The molecule has 0 spiro atoms. The lowest BCUT2D eigenvalue weighted by Crippen LogP contribution is -2.30. The van der Waals surface area contributed by atoms with Crippen LogP contribution in [0, 0.1) is 6.92 Å². The number of rotatable bonds is 5. The number of fused-ring (bicyclic) bond motifs is 1. The van der Waals surface area contributed by atoms with Gasteiger partial charge in [0.15, 0.2) is 0 Å². The van der Waals surface area contributed by atoms with E-state index in [1.54, 1.807) is 12.1 Å². The molecule has 138 valence electrons. The Morgan fingerprint density at radius 1 is 1.15 bits per heavy atom. The second-order valence-corrected chi connectivity index (χ2v) is 7.04. The van der Waals surface area contributed by atoms with Crippen LogP contribution in [0.4, 0.5) is 0 Å². The lowest BCUT2D eigenvalue weighted by Gasteiger charge is -2.26. The number of phenols is 1. The van der Waals surface area contributed by atoms with Gasteiger partial charge in [-0.25, -0.2) is 0 Å². The largest absolute Gasteiger partial charge is 0.507 e. The molecule has 2 heterocycles. The summed E-state index contributed by atoms with van der Waals surface area (Å²) in [5, 5.41) is 17.6. The summed E-state index contributed by atoms with van der Waals surface area (Å²) in [6, 6.07) is 15.2. The van der Waals surface area contributed by atoms with E-state index in [-0.39, 0.29) is 17.7 Å². The maximum atomic E-state index is 13.1. The highest BCUT2D eigenvalue weighted by atomic mass is 16.3. The Bertz CT molecular complexity index is 975. The molecule has 3 aromatic rings. The zero-order chi connectivity index (χ0) is 19.0. The first-order valence-corrected chi connectivity index (χ1v) is 9.36. The van der Waals surface area contributed by atoms with E-state index in [0.717, 1.165) is 24.0 Å². The summed E-state index contributed by atoms with van der Waals surface area (Å²) >= 11 is 0. The topological polar surface area (TPSA) is 69.2 Å². The molecule has 0 unspecified atom stereocenters. The summed E-state index contributed by atoms with van der Waals surface area (Å²) in [5.74, 6) is 0.132. The minimum absolute atomic E-state index is 0.0294. The molecule has 1 atom stereocenters. The summed E-state index contributed by atoms with van der Waals surface area (Å²) in [6.45, 7) is 4.86. The number of hydrogen-bond donors (Lipinski definition) is 2. The third-order valence-corrected chi connectivity index (χ3v) is 5.17. The molecule has 0 fully saturated rings. The van der Waals surface area contributed by atoms with E-state index in [1.807, 2.05) is 17.0 Å². The van der Waals surface area contributed by atoms with Crippen molar-refractivity contribution in [3.63, 3.8) is 0 Å². The van der Waals surface area contributed by atoms with E-state index in [9.17, 15) is 9.90 Å². The Morgan fingerprint density at radius 3 is 2.59 bits per heavy atom.